The van der Waals surface area contributed by atoms with Crippen molar-refractivity contribution in [3.05, 3.63) is 64.3 Å². The summed E-state index contributed by atoms with van der Waals surface area (Å²) in [6.45, 7) is 12.3. The van der Waals surface area contributed by atoms with Crippen LogP contribution in [0.5, 0.6) is 0 Å². The van der Waals surface area contributed by atoms with Crippen LogP contribution in [0.3, 0.4) is 0 Å². The summed E-state index contributed by atoms with van der Waals surface area (Å²) >= 11 is 0. The van der Waals surface area contributed by atoms with Crippen molar-refractivity contribution in [3.8, 4) is 0 Å². The largest absolute Gasteiger partial charge is 0.300 e. The highest BCUT2D eigenvalue weighted by Crippen LogP contribution is 2.41. The number of allylic oxidation sites excluding steroid dienone is 6. The van der Waals surface area contributed by atoms with Crippen LogP contribution in [0.2, 0.25) is 0 Å². The van der Waals surface area contributed by atoms with Gasteiger partial charge in [-0.2, -0.15) is 0 Å². The van der Waals surface area contributed by atoms with Gasteiger partial charge >= 0.3 is 0 Å². The van der Waals surface area contributed by atoms with Gasteiger partial charge in [-0.15, -0.1) is 0 Å². The van der Waals surface area contributed by atoms with Gasteiger partial charge in [-0.05, 0) is 98.0 Å². The van der Waals surface area contributed by atoms with Crippen molar-refractivity contribution in [2.75, 3.05) is 0 Å². The molecule has 2 aliphatic rings. The molecule has 3 rings (SSSR count). The molecular formula is C35H48O3. The number of rotatable bonds is 11. The second kappa shape index (κ2) is 14.0. The smallest absolute Gasteiger partial charge is 0.163 e. The number of fused-ring (bicyclic) bond motifs is 1. The molecule has 0 heterocycles. The SMILES string of the molecule is CCCC(CC1CC(=O)c2c(C)c(C3=CCC=CC=CCC3)cc(C(C)C)c2C1)C(CC)C(=O)CC(C)=O. The van der Waals surface area contributed by atoms with Gasteiger partial charge in [-0.1, -0.05) is 77.0 Å². The number of Topliss-reactive ketones (excluding diaryl/α,β-unsaturated/α-hetero) is 3. The van der Waals surface area contributed by atoms with Crippen LogP contribution < -0.4 is 0 Å². The first kappa shape index (κ1) is 30.0. The van der Waals surface area contributed by atoms with Crippen molar-refractivity contribution >= 4 is 22.9 Å². The number of carbonyl (C=O) groups excluding carboxylic acids is 3. The summed E-state index contributed by atoms with van der Waals surface area (Å²) in [6, 6.07) is 2.38. The van der Waals surface area contributed by atoms with E-state index in [2.05, 4.69) is 71.1 Å². The summed E-state index contributed by atoms with van der Waals surface area (Å²) in [7, 11) is 0. The van der Waals surface area contributed by atoms with E-state index in [-0.39, 0.29) is 41.5 Å². The molecule has 2 aliphatic carbocycles. The first-order valence-electron chi connectivity index (χ1n) is 14.9. The van der Waals surface area contributed by atoms with Gasteiger partial charge in [0.25, 0.3) is 0 Å². The molecule has 0 N–H and O–H groups in total. The fraction of sp³-hybridized carbons (Fsp3) is 0.571. The molecule has 0 aromatic heterocycles. The molecule has 0 saturated carbocycles. The second-order valence-electron chi connectivity index (χ2n) is 11.8. The van der Waals surface area contributed by atoms with E-state index < -0.39 is 0 Å². The van der Waals surface area contributed by atoms with Crippen LogP contribution in [-0.4, -0.2) is 17.3 Å². The van der Waals surface area contributed by atoms with Crippen molar-refractivity contribution in [1.29, 1.82) is 0 Å². The predicted molar refractivity (Wildman–Crippen MR) is 159 cm³/mol. The molecule has 1 aromatic rings. The monoisotopic (exact) mass is 516 g/mol. The lowest BCUT2D eigenvalue weighted by atomic mass is 9.70. The highest BCUT2D eigenvalue weighted by atomic mass is 16.1. The van der Waals surface area contributed by atoms with Crippen molar-refractivity contribution in [3.63, 3.8) is 0 Å². The summed E-state index contributed by atoms with van der Waals surface area (Å²) in [4.78, 5) is 38.4. The molecule has 1 aromatic carbocycles. The zero-order valence-corrected chi connectivity index (χ0v) is 24.6. The minimum atomic E-state index is -0.0949. The van der Waals surface area contributed by atoms with Gasteiger partial charge in [0, 0.05) is 17.9 Å². The Kier molecular flexibility index (Phi) is 11.1. The van der Waals surface area contributed by atoms with E-state index >= 15 is 0 Å². The average molecular weight is 517 g/mol. The minimum absolute atomic E-state index is 0.0338. The first-order chi connectivity index (χ1) is 18.2. The average Bonchev–Trinajstić information content (AvgIpc) is 2.98. The zero-order chi connectivity index (χ0) is 27.8. The van der Waals surface area contributed by atoms with Gasteiger partial charge in [0.15, 0.2) is 5.78 Å². The Morgan fingerprint density at radius 3 is 2.47 bits per heavy atom. The number of hydrogen-bond acceptors (Lipinski definition) is 3. The van der Waals surface area contributed by atoms with E-state index in [0.29, 0.717) is 12.3 Å². The summed E-state index contributed by atoms with van der Waals surface area (Å²) in [5.41, 5.74) is 7.23. The van der Waals surface area contributed by atoms with E-state index in [0.717, 1.165) is 62.5 Å². The Morgan fingerprint density at radius 1 is 1.08 bits per heavy atom. The molecular weight excluding hydrogens is 468 g/mol. The zero-order valence-electron chi connectivity index (χ0n) is 24.6. The molecule has 0 aliphatic heterocycles. The third kappa shape index (κ3) is 7.30. The van der Waals surface area contributed by atoms with Crippen molar-refractivity contribution in [2.45, 2.75) is 112 Å². The molecule has 0 fully saturated rings. The standard InChI is InChI=1S/C35H48O3/c1-7-15-28(29(8-2)33(37)18-24(5)36)19-26-20-32-30(23(3)4)22-31(25(6)35(32)34(38)21-26)27-16-13-11-9-10-12-14-17-27/h9-12,16,22-23,26,28-29H,7-8,13-15,17-21H2,1-6H3. The van der Waals surface area contributed by atoms with E-state index in [1.54, 1.807) is 0 Å². The molecule has 206 valence electrons. The van der Waals surface area contributed by atoms with Crippen molar-refractivity contribution in [2.24, 2.45) is 17.8 Å². The molecule has 3 unspecified atom stereocenters. The van der Waals surface area contributed by atoms with Gasteiger partial charge in [-0.3, -0.25) is 14.4 Å². The summed E-state index contributed by atoms with van der Waals surface area (Å²) in [5.74, 6) is 0.995. The van der Waals surface area contributed by atoms with Crippen LogP contribution in [0.4, 0.5) is 0 Å². The fourth-order valence-corrected chi connectivity index (χ4v) is 6.80. The molecule has 38 heavy (non-hydrogen) atoms. The normalized spacial score (nSPS) is 19.3. The summed E-state index contributed by atoms with van der Waals surface area (Å²) < 4.78 is 0. The maximum Gasteiger partial charge on any atom is 0.163 e. The first-order valence-corrected chi connectivity index (χ1v) is 14.9. The second-order valence-corrected chi connectivity index (χ2v) is 11.8. The maximum atomic E-state index is 13.8. The number of ketones is 3. The van der Waals surface area contributed by atoms with Gasteiger partial charge in [0.1, 0.15) is 11.6 Å². The summed E-state index contributed by atoms with van der Waals surface area (Å²) in [6.07, 6.45) is 19.0. The van der Waals surface area contributed by atoms with Crippen LogP contribution in [0.15, 0.2) is 36.4 Å². The minimum Gasteiger partial charge on any atom is -0.300 e. The third-order valence-corrected chi connectivity index (χ3v) is 8.55. The lowest BCUT2D eigenvalue weighted by Gasteiger charge is -2.34. The van der Waals surface area contributed by atoms with Crippen molar-refractivity contribution < 1.29 is 14.4 Å². The molecule has 0 saturated heterocycles. The van der Waals surface area contributed by atoms with Crippen LogP contribution in [0.1, 0.15) is 131 Å². The van der Waals surface area contributed by atoms with Crippen LogP contribution >= 0.6 is 0 Å². The van der Waals surface area contributed by atoms with Gasteiger partial charge < -0.3 is 0 Å². The Bertz CT molecular complexity index is 1110. The molecule has 3 nitrogen and oxygen atoms in total. The molecule has 0 radical (unpaired) electrons. The van der Waals surface area contributed by atoms with Crippen molar-refractivity contribution in [1.82, 2.24) is 0 Å². The van der Waals surface area contributed by atoms with E-state index in [4.69, 9.17) is 0 Å². The van der Waals surface area contributed by atoms with Gasteiger partial charge in [0.05, 0.1) is 6.42 Å². The Morgan fingerprint density at radius 2 is 1.82 bits per heavy atom. The maximum absolute atomic E-state index is 13.8. The summed E-state index contributed by atoms with van der Waals surface area (Å²) in [5, 5.41) is 0. The van der Waals surface area contributed by atoms with Crippen LogP contribution in [0.25, 0.3) is 5.57 Å². The quantitative estimate of drug-likeness (QED) is 0.276. The van der Waals surface area contributed by atoms with Gasteiger partial charge in [-0.25, -0.2) is 0 Å². The number of hydrogen-bond donors (Lipinski definition) is 0. The number of carbonyl (C=O) groups is 3. The topological polar surface area (TPSA) is 51.2 Å². The van der Waals surface area contributed by atoms with Crippen LogP contribution in [0, 0.1) is 24.7 Å². The Labute approximate surface area is 230 Å². The highest BCUT2D eigenvalue weighted by molar-refractivity contribution is 6.02. The lowest BCUT2D eigenvalue weighted by molar-refractivity contribution is -0.129. The number of benzene rings is 1. The van der Waals surface area contributed by atoms with Crippen LogP contribution in [-0.2, 0) is 16.0 Å². The molecule has 0 bridgehead atoms. The molecule has 3 atom stereocenters. The molecule has 0 spiro atoms. The van der Waals surface area contributed by atoms with E-state index in [1.807, 2.05) is 0 Å². The molecule has 0 amide bonds. The fourth-order valence-electron chi connectivity index (χ4n) is 6.80. The Hall–Kier alpha value is -2.55. The van der Waals surface area contributed by atoms with E-state index in [1.165, 1.54) is 29.2 Å². The molecule has 3 heteroatoms. The Balaban J connectivity index is 1.96. The highest BCUT2D eigenvalue weighted by Gasteiger charge is 2.35. The van der Waals surface area contributed by atoms with E-state index in [9.17, 15) is 14.4 Å². The predicted octanol–water partition coefficient (Wildman–Crippen LogP) is 8.92. The lowest BCUT2D eigenvalue weighted by Crippen LogP contribution is -2.30. The third-order valence-electron chi connectivity index (χ3n) is 8.55. The van der Waals surface area contributed by atoms with Gasteiger partial charge in [0.2, 0.25) is 0 Å².